The summed E-state index contributed by atoms with van der Waals surface area (Å²) in [4.78, 5) is 29.3. The first-order valence-electron chi connectivity index (χ1n) is 12.2. The molecule has 1 saturated heterocycles. The summed E-state index contributed by atoms with van der Waals surface area (Å²) >= 11 is 0. The van der Waals surface area contributed by atoms with Crippen LogP contribution >= 0.6 is 0 Å². The van der Waals surface area contributed by atoms with Gasteiger partial charge in [-0.05, 0) is 100 Å². The highest BCUT2D eigenvalue weighted by Crippen LogP contribution is 2.59. The molecule has 5 rings (SSSR count). The number of carbonyl (C=O) groups is 2. The molecular weight excluding hydrogens is 388 g/mol. The van der Waals surface area contributed by atoms with E-state index in [1.54, 1.807) is 0 Å². The van der Waals surface area contributed by atoms with E-state index in [2.05, 4.69) is 38.1 Å². The number of piperidine rings is 1. The lowest BCUT2D eigenvalue weighted by molar-refractivity contribution is -0.129. The van der Waals surface area contributed by atoms with Crippen molar-refractivity contribution in [1.82, 2.24) is 9.80 Å². The minimum Gasteiger partial charge on any atom is -0.410 e. The van der Waals surface area contributed by atoms with Crippen LogP contribution in [0.5, 0.6) is 5.75 Å². The molecule has 0 N–H and O–H groups in total. The Kier molecular flexibility index (Phi) is 5.36. The molecule has 0 bridgehead atoms. The van der Waals surface area contributed by atoms with Gasteiger partial charge in [-0.3, -0.25) is 4.79 Å². The number of hydrogen-bond acceptors (Lipinski definition) is 4. The maximum atomic E-state index is 12.7. The molecule has 2 saturated carbocycles. The Hall–Kier alpha value is -1.88. The van der Waals surface area contributed by atoms with Crippen molar-refractivity contribution in [2.75, 3.05) is 27.2 Å². The number of ketones is 1. The van der Waals surface area contributed by atoms with Crippen LogP contribution in [0.15, 0.2) is 18.2 Å². The number of amides is 1. The van der Waals surface area contributed by atoms with Crippen LogP contribution in [-0.4, -0.2) is 54.9 Å². The van der Waals surface area contributed by atoms with E-state index >= 15 is 0 Å². The normalized spacial score (nSPS) is 33.1. The molecule has 0 radical (unpaired) electrons. The van der Waals surface area contributed by atoms with E-state index in [1.807, 2.05) is 11.0 Å². The molecule has 1 heterocycles. The minimum absolute atomic E-state index is 0.0752. The second-order valence-electron chi connectivity index (χ2n) is 10.7. The molecule has 168 valence electrons. The summed E-state index contributed by atoms with van der Waals surface area (Å²) < 4.78 is 5.78. The third-order valence-electron chi connectivity index (χ3n) is 9.07. The van der Waals surface area contributed by atoms with Gasteiger partial charge in [0.15, 0.2) is 0 Å². The van der Waals surface area contributed by atoms with Crippen LogP contribution in [-0.2, 0) is 11.2 Å². The van der Waals surface area contributed by atoms with Gasteiger partial charge in [0.25, 0.3) is 0 Å². The van der Waals surface area contributed by atoms with Crippen molar-refractivity contribution in [3.63, 3.8) is 0 Å². The quantitative estimate of drug-likeness (QED) is 0.694. The zero-order valence-corrected chi connectivity index (χ0v) is 19.2. The van der Waals surface area contributed by atoms with Crippen LogP contribution in [0, 0.1) is 17.3 Å². The van der Waals surface area contributed by atoms with Crippen molar-refractivity contribution in [3.05, 3.63) is 29.3 Å². The van der Waals surface area contributed by atoms with Gasteiger partial charge in [0.05, 0.1) is 0 Å². The molecule has 0 aromatic heterocycles. The first-order chi connectivity index (χ1) is 14.9. The minimum atomic E-state index is -0.219. The third kappa shape index (κ3) is 3.59. The molecule has 1 amide bonds. The van der Waals surface area contributed by atoms with E-state index in [-0.39, 0.29) is 11.5 Å². The van der Waals surface area contributed by atoms with E-state index in [1.165, 1.54) is 11.1 Å². The van der Waals surface area contributed by atoms with Gasteiger partial charge in [0, 0.05) is 31.0 Å². The molecule has 4 atom stereocenters. The van der Waals surface area contributed by atoms with Crippen molar-refractivity contribution in [3.8, 4) is 5.75 Å². The van der Waals surface area contributed by atoms with Crippen LogP contribution in [0.3, 0.4) is 0 Å². The molecule has 3 fully saturated rings. The van der Waals surface area contributed by atoms with Crippen LogP contribution in [0.25, 0.3) is 0 Å². The average Bonchev–Trinajstić information content (AvgIpc) is 3.08. The Labute approximate surface area is 186 Å². The molecule has 1 aromatic rings. The van der Waals surface area contributed by atoms with Gasteiger partial charge in [-0.25, -0.2) is 4.79 Å². The smallest absolute Gasteiger partial charge is 0.410 e. The predicted octanol–water partition coefficient (Wildman–Crippen LogP) is 4.64. The number of hydrogen-bond donors (Lipinski definition) is 0. The van der Waals surface area contributed by atoms with Gasteiger partial charge in [-0.15, -0.1) is 0 Å². The number of nitrogens with zero attached hydrogens (tertiary/aromatic N) is 2. The Balaban J connectivity index is 1.26. The van der Waals surface area contributed by atoms with Gasteiger partial charge in [0.2, 0.25) is 0 Å². The van der Waals surface area contributed by atoms with Gasteiger partial charge in [-0.1, -0.05) is 13.0 Å². The number of rotatable bonds is 2. The fourth-order valence-corrected chi connectivity index (χ4v) is 7.12. The maximum Gasteiger partial charge on any atom is 0.415 e. The largest absolute Gasteiger partial charge is 0.415 e. The van der Waals surface area contributed by atoms with Gasteiger partial charge in [0.1, 0.15) is 11.5 Å². The number of ether oxygens (including phenoxy) is 1. The summed E-state index contributed by atoms with van der Waals surface area (Å²) in [7, 11) is 4.21. The first-order valence-corrected chi connectivity index (χ1v) is 12.2. The summed E-state index contributed by atoms with van der Waals surface area (Å²) in [6.07, 6.45) is 7.94. The summed E-state index contributed by atoms with van der Waals surface area (Å²) in [5.74, 6) is 2.91. The van der Waals surface area contributed by atoms with E-state index in [9.17, 15) is 9.59 Å². The van der Waals surface area contributed by atoms with Gasteiger partial charge in [-0.2, -0.15) is 0 Å². The summed E-state index contributed by atoms with van der Waals surface area (Å²) in [6.45, 7) is 3.74. The second kappa shape index (κ2) is 7.91. The third-order valence-corrected chi connectivity index (χ3v) is 9.07. The molecule has 5 nitrogen and oxygen atoms in total. The van der Waals surface area contributed by atoms with E-state index in [0.717, 1.165) is 64.5 Å². The van der Waals surface area contributed by atoms with Crippen molar-refractivity contribution in [2.45, 2.75) is 70.3 Å². The van der Waals surface area contributed by atoms with Crippen molar-refractivity contribution in [1.29, 1.82) is 0 Å². The zero-order valence-electron chi connectivity index (χ0n) is 19.2. The van der Waals surface area contributed by atoms with Crippen molar-refractivity contribution in [2.24, 2.45) is 17.3 Å². The zero-order chi connectivity index (χ0) is 21.8. The molecule has 5 heteroatoms. The standard InChI is InChI=1S/C26H36N2O3/c1-26-13-10-21-20-7-5-19(31-25(30)28-14-11-18(12-15-28)27(2)3)16-17(20)4-6-22(21)23(26)8-9-24(26)29/h5,7,16,18,21-23H,4,6,8-15H2,1-3H3. The molecule has 1 aromatic carbocycles. The monoisotopic (exact) mass is 424 g/mol. The summed E-state index contributed by atoms with van der Waals surface area (Å²) in [5.41, 5.74) is 2.70. The van der Waals surface area contributed by atoms with E-state index in [4.69, 9.17) is 4.74 Å². The molecule has 0 spiro atoms. The lowest BCUT2D eigenvalue weighted by atomic mass is 9.55. The van der Waals surface area contributed by atoms with E-state index < -0.39 is 0 Å². The average molecular weight is 425 g/mol. The summed E-state index contributed by atoms with van der Waals surface area (Å²) in [5, 5.41) is 0. The fraction of sp³-hybridized carbons (Fsp3) is 0.692. The molecule has 4 aliphatic rings. The number of carbonyl (C=O) groups excluding carboxylic acids is 2. The molecule has 3 aliphatic carbocycles. The lowest BCUT2D eigenvalue weighted by Crippen LogP contribution is -2.45. The Morgan fingerprint density at radius 2 is 1.87 bits per heavy atom. The molecule has 31 heavy (non-hydrogen) atoms. The highest BCUT2D eigenvalue weighted by atomic mass is 16.6. The van der Waals surface area contributed by atoms with Crippen molar-refractivity contribution >= 4 is 11.9 Å². The number of benzene rings is 1. The van der Waals surface area contributed by atoms with Gasteiger partial charge >= 0.3 is 6.09 Å². The summed E-state index contributed by atoms with van der Waals surface area (Å²) in [6, 6.07) is 6.84. The van der Waals surface area contributed by atoms with Crippen LogP contribution in [0.4, 0.5) is 4.79 Å². The number of Topliss-reactive ketones (excluding diaryl/α,β-unsaturated/α-hetero) is 1. The van der Waals surface area contributed by atoms with Gasteiger partial charge < -0.3 is 14.5 Å². The highest BCUT2D eigenvalue weighted by molar-refractivity contribution is 5.87. The topological polar surface area (TPSA) is 49.9 Å². The Morgan fingerprint density at radius 1 is 1.10 bits per heavy atom. The maximum absolute atomic E-state index is 12.7. The van der Waals surface area contributed by atoms with Crippen LogP contribution < -0.4 is 4.74 Å². The SMILES string of the molecule is CN(C)C1CCN(C(=O)Oc2ccc3c(c2)CCC2C3CCC3(C)C(=O)CCC23)CC1. The fourth-order valence-electron chi connectivity index (χ4n) is 7.12. The molecule has 1 aliphatic heterocycles. The number of fused-ring (bicyclic) bond motifs is 5. The number of likely N-dealkylation sites (tertiary alicyclic amines) is 1. The second-order valence-corrected chi connectivity index (χ2v) is 10.7. The lowest BCUT2D eigenvalue weighted by Gasteiger charge is -2.48. The van der Waals surface area contributed by atoms with E-state index in [0.29, 0.717) is 35.3 Å². The Bertz CT molecular complexity index is 873. The number of aryl methyl sites for hydroxylation is 1. The molecule has 4 unspecified atom stereocenters. The van der Waals surface area contributed by atoms with Crippen molar-refractivity contribution < 1.29 is 14.3 Å². The van der Waals surface area contributed by atoms with Crippen LogP contribution in [0.1, 0.15) is 68.9 Å². The Morgan fingerprint density at radius 3 is 2.61 bits per heavy atom. The first kappa shape index (κ1) is 21.0. The highest BCUT2D eigenvalue weighted by Gasteiger charge is 2.54. The van der Waals surface area contributed by atoms with Crippen LogP contribution in [0.2, 0.25) is 0 Å². The molecular formula is C26H36N2O3. The predicted molar refractivity (Wildman–Crippen MR) is 120 cm³/mol.